The highest BCUT2D eigenvalue weighted by molar-refractivity contribution is 5.81. The van der Waals surface area contributed by atoms with Gasteiger partial charge in [0.15, 0.2) is 0 Å². The molecule has 5 saturated heterocycles. The number of hydrogen-bond donors (Lipinski definition) is 7. The van der Waals surface area contributed by atoms with Gasteiger partial charge >= 0.3 is 0 Å². The van der Waals surface area contributed by atoms with Crippen LogP contribution in [0.1, 0.15) is 13.3 Å². The van der Waals surface area contributed by atoms with Crippen LogP contribution >= 0.6 is 0 Å². The van der Waals surface area contributed by atoms with Crippen molar-refractivity contribution in [2.45, 2.75) is 56.1 Å². The summed E-state index contributed by atoms with van der Waals surface area (Å²) in [4.78, 5) is 23.4. The molecule has 13 heteroatoms. The maximum absolute atomic E-state index is 13.7. The zero-order valence-electron chi connectivity index (χ0n) is 18.6. The van der Waals surface area contributed by atoms with Crippen LogP contribution in [0, 0.1) is 5.92 Å². The Morgan fingerprint density at radius 1 is 1.12 bits per heavy atom. The molecular weight excluding hydrogens is 419 g/mol. The molecule has 0 aromatic carbocycles. The lowest BCUT2D eigenvalue weighted by Crippen LogP contribution is -2.65. The molecule has 5 fully saturated rings. The van der Waals surface area contributed by atoms with Crippen LogP contribution in [-0.2, 0) is 9.73 Å². The van der Waals surface area contributed by atoms with Crippen LogP contribution in [0.4, 0.5) is 4.39 Å². The van der Waals surface area contributed by atoms with E-state index in [9.17, 15) is 9.18 Å². The zero-order valence-corrected chi connectivity index (χ0v) is 18.6. The second-order valence-electron chi connectivity index (χ2n) is 9.60. The number of hydrogen-bond acceptors (Lipinski definition) is 11. The third kappa shape index (κ3) is 4.51. The zero-order chi connectivity index (χ0) is 22.2. The molecule has 182 valence electrons. The van der Waals surface area contributed by atoms with E-state index in [-0.39, 0.29) is 49.5 Å². The van der Waals surface area contributed by atoms with Gasteiger partial charge in [-0.25, -0.2) is 19.8 Å². The van der Waals surface area contributed by atoms with Crippen LogP contribution in [0.25, 0.3) is 0 Å². The van der Waals surface area contributed by atoms with E-state index in [0.29, 0.717) is 0 Å². The van der Waals surface area contributed by atoms with Gasteiger partial charge in [-0.05, 0) is 19.9 Å². The van der Waals surface area contributed by atoms with E-state index in [1.165, 1.54) is 0 Å². The first-order valence-corrected chi connectivity index (χ1v) is 11.8. The summed E-state index contributed by atoms with van der Waals surface area (Å²) in [7, 11) is 0. The van der Waals surface area contributed by atoms with Crippen molar-refractivity contribution in [3.05, 3.63) is 0 Å². The van der Waals surface area contributed by atoms with Crippen molar-refractivity contribution >= 4 is 5.91 Å². The van der Waals surface area contributed by atoms with Crippen molar-refractivity contribution in [3.63, 3.8) is 0 Å². The molecule has 8 atom stereocenters. The summed E-state index contributed by atoms with van der Waals surface area (Å²) < 4.78 is 13.7. The minimum atomic E-state index is -0.969. The van der Waals surface area contributed by atoms with Gasteiger partial charge in [-0.15, -0.1) is 0 Å². The predicted molar refractivity (Wildman–Crippen MR) is 115 cm³/mol. The first kappa shape index (κ1) is 22.8. The summed E-state index contributed by atoms with van der Waals surface area (Å²) in [5, 5.41) is 11.6. The lowest BCUT2D eigenvalue weighted by molar-refractivity contribution is -0.128. The third-order valence-electron chi connectivity index (χ3n) is 7.51. The van der Waals surface area contributed by atoms with Gasteiger partial charge in [-0.1, -0.05) is 0 Å². The smallest absolute Gasteiger partial charge is 0.229 e. The summed E-state index contributed by atoms with van der Waals surface area (Å²) in [5.74, 6) is -0.545. The molecule has 8 unspecified atom stereocenters. The SMILES string of the molecule is CC1NONC1N1CCN(C2CCNCC2NC(=O)C2C(N)NN3CC(F)CNC23)CC1. The molecule has 0 spiro atoms. The Labute approximate surface area is 188 Å². The average Bonchev–Trinajstić information content (AvgIpc) is 3.36. The summed E-state index contributed by atoms with van der Waals surface area (Å²) in [6, 6.07) is 0.523. The highest BCUT2D eigenvalue weighted by Gasteiger charge is 2.48. The second-order valence-corrected chi connectivity index (χ2v) is 9.60. The van der Waals surface area contributed by atoms with Crippen LogP contribution in [-0.4, -0.2) is 116 Å². The lowest BCUT2D eigenvalue weighted by Gasteiger charge is -2.46. The van der Waals surface area contributed by atoms with Crippen molar-refractivity contribution in [3.8, 4) is 0 Å². The van der Waals surface area contributed by atoms with Crippen LogP contribution in [0.3, 0.4) is 0 Å². The summed E-state index contributed by atoms with van der Waals surface area (Å²) in [6.45, 7) is 8.05. The molecule has 0 aromatic rings. The van der Waals surface area contributed by atoms with Crippen LogP contribution in [0.15, 0.2) is 0 Å². The molecule has 8 N–H and O–H groups in total. The number of carbonyl (C=O) groups excluding carboxylic acids is 1. The van der Waals surface area contributed by atoms with E-state index in [0.717, 1.165) is 45.7 Å². The number of hydrazine groups is 1. The maximum Gasteiger partial charge on any atom is 0.229 e. The molecule has 0 aromatic heterocycles. The Morgan fingerprint density at radius 2 is 1.91 bits per heavy atom. The number of amides is 1. The molecule has 0 saturated carbocycles. The van der Waals surface area contributed by atoms with Crippen molar-refractivity contribution in [2.24, 2.45) is 11.7 Å². The number of rotatable bonds is 4. The number of nitrogens with zero attached hydrogens (tertiary/aromatic N) is 3. The number of halogens is 1. The molecule has 32 heavy (non-hydrogen) atoms. The van der Waals surface area contributed by atoms with Crippen LogP contribution < -0.4 is 38.1 Å². The van der Waals surface area contributed by atoms with Crippen LogP contribution in [0.2, 0.25) is 0 Å². The van der Waals surface area contributed by atoms with E-state index in [1.54, 1.807) is 5.01 Å². The molecule has 5 aliphatic rings. The maximum atomic E-state index is 13.7. The standard InChI is InChI=1S/C19H37FN10O2/c1-11-17(27-32-26-11)29-6-4-28(5-7-29)14-2-3-22-9-13(14)24-19(31)15-16(21)25-30-10-12(20)8-23-18(15)30/h11-18,22-23,25-27H,2-10,21H2,1H3,(H,24,31). The minimum absolute atomic E-state index is 0.00935. The summed E-state index contributed by atoms with van der Waals surface area (Å²) in [5.41, 5.74) is 15.3. The highest BCUT2D eigenvalue weighted by atomic mass is 19.1. The second kappa shape index (κ2) is 9.70. The van der Waals surface area contributed by atoms with Crippen LogP contribution in [0.5, 0.6) is 0 Å². The fraction of sp³-hybridized carbons (Fsp3) is 0.947. The number of nitrogens with two attached hydrogens (primary N) is 1. The van der Waals surface area contributed by atoms with Gasteiger partial charge in [0.1, 0.15) is 12.3 Å². The minimum Gasteiger partial charge on any atom is -0.350 e. The van der Waals surface area contributed by atoms with Gasteiger partial charge in [0, 0.05) is 51.9 Å². The monoisotopic (exact) mass is 456 g/mol. The highest BCUT2D eigenvalue weighted by Crippen LogP contribution is 2.23. The Bertz CT molecular complexity index is 668. The van der Waals surface area contributed by atoms with E-state index in [2.05, 4.69) is 49.1 Å². The Kier molecular flexibility index (Phi) is 6.90. The molecule has 0 aliphatic carbocycles. The van der Waals surface area contributed by atoms with Gasteiger partial charge in [-0.2, -0.15) is 11.0 Å². The molecule has 5 aliphatic heterocycles. The molecule has 5 rings (SSSR count). The number of alkyl halides is 1. The Hall–Kier alpha value is -1.00. The van der Waals surface area contributed by atoms with Gasteiger partial charge in [0.05, 0.1) is 30.3 Å². The largest absolute Gasteiger partial charge is 0.350 e. The Balaban J connectivity index is 1.18. The molecule has 5 heterocycles. The van der Waals surface area contributed by atoms with Gasteiger partial charge in [0.2, 0.25) is 5.91 Å². The van der Waals surface area contributed by atoms with E-state index < -0.39 is 18.3 Å². The van der Waals surface area contributed by atoms with E-state index >= 15 is 0 Å². The first-order valence-electron chi connectivity index (χ1n) is 11.8. The van der Waals surface area contributed by atoms with Gasteiger partial charge < -0.3 is 16.4 Å². The molecule has 12 nitrogen and oxygen atoms in total. The average molecular weight is 457 g/mol. The number of fused-ring (bicyclic) bond motifs is 1. The quantitative estimate of drug-likeness (QED) is 0.224. The third-order valence-corrected chi connectivity index (χ3v) is 7.51. The van der Waals surface area contributed by atoms with Gasteiger partial charge in [-0.3, -0.25) is 19.9 Å². The molecule has 0 bridgehead atoms. The number of hydroxylamine groups is 2. The fourth-order valence-corrected chi connectivity index (χ4v) is 5.78. The van der Waals surface area contributed by atoms with Gasteiger partial charge in [0.25, 0.3) is 0 Å². The van der Waals surface area contributed by atoms with Crippen molar-refractivity contribution in [1.82, 2.24) is 47.1 Å². The molecular formula is C19H37FN10O2. The lowest BCUT2D eigenvalue weighted by atomic mass is 9.95. The predicted octanol–water partition coefficient (Wildman–Crippen LogP) is -3.81. The summed E-state index contributed by atoms with van der Waals surface area (Å²) >= 11 is 0. The van der Waals surface area contributed by atoms with E-state index in [4.69, 9.17) is 10.7 Å². The first-order chi connectivity index (χ1) is 15.5. The topological polar surface area (TPSA) is 134 Å². The molecule has 0 radical (unpaired) electrons. The number of piperidine rings is 1. The number of carbonyl (C=O) groups is 1. The number of piperazine rings is 1. The summed E-state index contributed by atoms with van der Waals surface area (Å²) in [6.07, 6.45) is -0.629. The fourth-order valence-electron chi connectivity index (χ4n) is 5.78. The van der Waals surface area contributed by atoms with Crippen molar-refractivity contribution in [1.29, 1.82) is 0 Å². The van der Waals surface area contributed by atoms with Crippen molar-refractivity contribution < 1.29 is 14.1 Å². The van der Waals surface area contributed by atoms with Crippen molar-refractivity contribution in [2.75, 3.05) is 52.4 Å². The molecule has 1 amide bonds. The van der Waals surface area contributed by atoms with E-state index in [1.807, 2.05) is 0 Å². The number of nitrogens with one attached hydrogen (secondary N) is 6. The normalized spacial score (nSPS) is 44.5. The Morgan fingerprint density at radius 3 is 2.66 bits per heavy atom.